The molecular formula is C12H8F2N2O2. The fourth-order valence-electron chi connectivity index (χ4n) is 1.52. The van der Waals surface area contributed by atoms with Crippen LogP contribution in [0.25, 0.3) is 0 Å². The summed E-state index contributed by atoms with van der Waals surface area (Å²) in [5, 5.41) is 10.9. The Hall–Kier alpha value is -2.50. The van der Waals surface area contributed by atoms with Crippen LogP contribution in [0.15, 0.2) is 36.7 Å². The Kier molecular flexibility index (Phi) is 2.93. The molecule has 2 N–H and O–H groups in total. The van der Waals surface area contributed by atoms with E-state index >= 15 is 0 Å². The van der Waals surface area contributed by atoms with Gasteiger partial charge in [0, 0.05) is 12.1 Å². The maximum absolute atomic E-state index is 13.4. The number of halogens is 2. The Morgan fingerprint density at radius 2 is 1.94 bits per heavy atom. The van der Waals surface area contributed by atoms with Crippen molar-refractivity contribution < 1.29 is 18.3 Å². The van der Waals surface area contributed by atoms with E-state index in [9.17, 15) is 18.8 Å². The summed E-state index contributed by atoms with van der Waals surface area (Å²) in [6.07, 6.45) is 2.07. The molecule has 0 unspecified atom stereocenters. The number of benzene rings is 1. The Balaban J connectivity index is 2.48. The van der Waals surface area contributed by atoms with E-state index in [0.29, 0.717) is 10.8 Å². The fraction of sp³-hybridized carbons (Fsp3) is 0. The molecule has 2 aromatic rings. The molecule has 1 heterocycles. The maximum atomic E-state index is 13.4. The Bertz CT molecular complexity index is 576. The number of carbonyl (C=O) groups excluding carboxylic acids is 1. The number of rotatable bonds is 2. The van der Waals surface area contributed by atoms with Crippen LogP contribution in [-0.2, 0) is 0 Å². The van der Waals surface area contributed by atoms with E-state index in [-0.39, 0.29) is 16.8 Å². The molecule has 92 valence electrons. The first-order valence-electron chi connectivity index (χ1n) is 4.97. The van der Waals surface area contributed by atoms with Crippen molar-refractivity contribution in [3.8, 4) is 0 Å². The molecule has 0 atom stereocenters. The molecule has 0 aliphatic rings. The zero-order chi connectivity index (χ0) is 13.3. The van der Waals surface area contributed by atoms with Gasteiger partial charge in [-0.25, -0.2) is 8.78 Å². The van der Waals surface area contributed by atoms with Crippen LogP contribution in [-0.4, -0.2) is 5.78 Å². The van der Waals surface area contributed by atoms with Gasteiger partial charge in [-0.1, -0.05) is 0 Å². The molecule has 18 heavy (non-hydrogen) atoms. The molecule has 0 bridgehead atoms. The quantitative estimate of drug-likeness (QED) is 0.497. The molecule has 6 heteroatoms. The second kappa shape index (κ2) is 4.40. The van der Waals surface area contributed by atoms with Gasteiger partial charge in [0.2, 0.25) is 6.20 Å². The molecule has 0 fully saturated rings. The molecule has 0 aliphatic carbocycles. The average molecular weight is 250 g/mol. The third-order valence-electron chi connectivity index (χ3n) is 2.39. The highest BCUT2D eigenvalue weighted by Crippen LogP contribution is 2.17. The number of hydrogen-bond donors (Lipinski definition) is 1. The van der Waals surface area contributed by atoms with Crippen molar-refractivity contribution in [1.29, 1.82) is 0 Å². The Morgan fingerprint density at radius 1 is 1.22 bits per heavy atom. The number of anilines is 1. The van der Waals surface area contributed by atoms with E-state index in [1.807, 2.05) is 0 Å². The molecule has 0 amide bonds. The lowest BCUT2D eigenvalue weighted by Crippen LogP contribution is -2.26. The highest BCUT2D eigenvalue weighted by Gasteiger charge is 2.18. The number of carbonyl (C=O) groups is 1. The summed E-state index contributed by atoms with van der Waals surface area (Å²) in [6, 6.07) is 3.81. The number of pyridine rings is 1. The highest BCUT2D eigenvalue weighted by molar-refractivity contribution is 6.11. The summed E-state index contributed by atoms with van der Waals surface area (Å²) >= 11 is 0. The molecule has 0 aliphatic heterocycles. The van der Waals surface area contributed by atoms with Gasteiger partial charge in [0.15, 0.2) is 12.0 Å². The Morgan fingerprint density at radius 3 is 2.56 bits per heavy atom. The van der Waals surface area contributed by atoms with E-state index in [4.69, 9.17) is 5.73 Å². The minimum absolute atomic E-state index is 0.00684. The normalized spacial score (nSPS) is 10.3. The monoisotopic (exact) mass is 250 g/mol. The summed E-state index contributed by atoms with van der Waals surface area (Å²) in [7, 11) is 0. The molecule has 4 nitrogen and oxygen atoms in total. The van der Waals surface area contributed by atoms with Crippen LogP contribution in [0.1, 0.15) is 15.9 Å². The van der Waals surface area contributed by atoms with Crippen molar-refractivity contribution in [3.05, 3.63) is 64.6 Å². The molecular weight excluding hydrogens is 242 g/mol. The summed E-state index contributed by atoms with van der Waals surface area (Å²) in [5.74, 6) is -2.45. The molecule has 1 aromatic heterocycles. The van der Waals surface area contributed by atoms with Crippen molar-refractivity contribution >= 4 is 11.5 Å². The smallest absolute Gasteiger partial charge is 0.204 e. The summed E-state index contributed by atoms with van der Waals surface area (Å²) in [4.78, 5) is 12.0. The van der Waals surface area contributed by atoms with Crippen LogP contribution in [0.3, 0.4) is 0 Å². The minimum Gasteiger partial charge on any atom is -0.619 e. The standard InChI is InChI=1S/C12H8F2N2O2/c13-7-1-2-8(10(14)5-7)12(17)9-3-4-16(18)6-11(9)15/h1-6H,15H2. The van der Waals surface area contributed by atoms with Gasteiger partial charge in [-0.15, -0.1) is 0 Å². The lowest BCUT2D eigenvalue weighted by molar-refractivity contribution is -0.604. The molecule has 0 saturated carbocycles. The van der Waals surface area contributed by atoms with Gasteiger partial charge in [-0.2, -0.15) is 4.73 Å². The van der Waals surface area contributed by atoms with E-state index in [1.54, 1.807) is 0 Å². The maximum Gasteiger partial charge on any atom is 0.204 e. The van der Waals surface area contributed by atoms with E-state index in [2.05, 4.69) is 0 Å². The van der Waals surface area contributed by atoms with Crippen LogP contribution in [0.4, 0.5) is 14.5 Å². The van der Waals surface area contributed by atoms with E-state index in [1.165, 1.54) is 6.07 Å². The molecule has 1 aromatic carbocycles. The van der Waals surface area contributed by atoms with Crippen molar-refractivity contribution in [1.82, 2.24) is 0 Å². The van der Waals surface area contributed by atoms with Gasteiger partial charge in [-0.3, -0.25) is 4.79 Å². The number of aromatic nitrogens is 1. The van der Waals surface area contributed by atoms with Crippen molar-refractivity contribution in [2.45, 2.75) is 0 Å². The zero-order valence-electron chi connectivity index (χ0n) is 9.06. The van der Waals surface area contributed by atoms with Gasteiger partial charge in [0.05, 0.1) is 11.1 Å². The Labute approximate surface area is 101 Å². The van der Waals surface area contributed by atoms with Crippen LogP contribution >= 0.6 is 0 Å². The molecule has 0 radical (unpaired) electrons. The first-order valence-corrected chi connectivity index (χ1v) is 4.97. The number of ketones is 1. The second-order valence-electron chi connectivity index (χ2n) is 3.63. The third kappa shape index (κ3) is 2.13. The van der Waals surface area contributed by atoms with Gasteiger partial charge < -0.3 is 10.9 Å². The minimum atomic E-state index is -0.974. The van der Waals surface area contributed by atoms with Gasteiger partial charge >= 0.3 is 0 Å². The topological polar surface area (TPSA) is 70.0 Å². The second-order valence-corrected chi connectivity index (χ2v) is 3.63. The molecule has 0 saturated heterocycles. The van der Waals surface area contributed by atoms with Gasteiger partial charge in [0.1, 0.15) is 17.3 Å². The number of hydrogen-bond acceptors (Lipinski definition) is 3. The summed E-state index contributed by atoms with van der Waals surface area (Å²) in [5.41, 5.74) is 5.13. The first-order chi connectivity index (χ1) is 8.49. The largest absolute Gasteiger partial charge is 0.619 e. The van der Waals surface area contributed by atoms with Crippen molar-refractivity contribution in [2.24, 2.45) is 0 Å². The van der Waals surface area contributed by atoms with Crippen molar-refractivity contribution in [3.63, 3.8) is 0 Å². The van der Waals surface area contributed by atoms with Crippen molar-refractivity contribution in [2.75, 3.05) is 5.73 Å². The number of nitrogens with two attached hydrogens (primary N) is 1. The predicted octanol–water partition coefficient (Wildman–Crippen LogP) is 1.41. The lowest BCUT2D eigenvalue weighted by atomic mass is 10.0. The molecule has 2 rings (SSSR count). The SMILES string of the molecule is Nc1c[n+]([O-])ccc1C(=O)c1ccc(F)cc1F. The van der Waals surface area contributed by atoms with E-state index < -0.39 is 17.4 Å². The average Bonchev–Trinajstić information content (AvgIpc) is 2.28. The van der Waals surface area contributed by atoms with Gasteiger partial charge in [-0.05, 0) is 12.1 Å². The van der Waals surface area contributed by atoms with E-state index in [0.717, 1.165) is 24.5 Å². The van der Waals surface area contributed by atoms with Gasteiger partial charge in [0.25, 0.3) is 0 Å². The summed E-state index contributed by atoms with van der Waals surface area (Å²) < 4.78 is 26.6. The zero-order valence-corrected chi connectivity index (χ0v) is 9.06. The fourth-order valence-corrected chi connectivity index (χ4v) is 1.52. The molecule has 0 spiro atoms. The highest BCUT2D eigenvalue weighted by atomic mass is 19.1. The number of nitrogens with zero attached hydrogens (tertiary/aromatic N) is 1. The summed E-state index contributed by atoms with van der Waals surface area (Å²) in [6.45, 7) is 0. The predicted molar refractivity (Wildman–Crippen MR) is 59.6 cm³/mol. The lowest BCUT2D eigenvalue weighted by Gasteiger charge is -2.05. The third-order valence-corrected chi connectivity index (χ3v) is 2.39. The van der Waals surface area contributed by atoms with Crippen LogP contribution in [0.2, 0.25) is 0 Å². The number of nitrogen functional groups attached to an aromatic ring is 1. The van der Waals surface area contributed by atoms with Crippen LogP contribution in [0.5, 0.6) is 0 Å². The van der Waals surface area contributed by atoms with Crippen LogP contribution in [0, 0.1) is 16.8 Å². The first kappa shape index (κ1) is 12.0. The van der Waals surface area contributed by atoms with Crippen LogP contribution < -0.4 is 10.5 Å².